The summed E-state index contributed by atoms with van der Waals surface area (Å²) in [6.45, 7) is 1.34. The highest BCUT2D eigenvalue weighted by Gasteiger charge is 2.34. The number of hydrogen-bond acceptors (Lipinski definition) is 3. The molecule has 0 radical (unpaired) electrons. The molecule has 2 fully saturated rings. The second kappa shape index (κ2) is 8.39. The molecule has 1 unspecified atom stereocenters. The summed E-state index contributed by atoms with van der Waals surface area (Å²) in [5.41, 5.74) is 2.91. The zero-order valence-electron chi connectivity index (χ0n) is 17.0. The predicted molar refractivity (Wildman–Crippen MR) is 110 cm³/mol. The molecule has 6 nitrogen and oxygen atoms in total. The Hall–Kier alpha value is -2.63. The Balaban J connectivity index is 1.45. The monoisotopic (exact) mass is 395 g/mol. The smallest absolute Gasteiger partial charge is 0.303 e. The zero-order valence-corrected chi connectivity index (χ0v) is 17.0. The van der Waals surface area contributed by atoms with Gasteiger partial charge in [-0.3, -0.25) is 14.3 Å². The van der Waals surface area contributed by atoms with E-state index in [4.69, 9.17) is 0 Å². The molecule has 0 spiro atoms. The number of rotatable bonds is 6. The quantitative estimate of drug-likeness (QED) is 0.807. The molecule has 29 heavy (non-hydrogen) atoms. The molecule has 4 rings (SSSR count). The first-order chi connectivity index (χ1) is 14.0. The van der Waals surface area contributed by atoms with Gasteiger partial charge in [0.25, 0.3) is 5.91 Å². The van der Waals surface area contributed by atoms with E-state index in [1.54, 1.807) is 4.68 Å². The number of nitrogens with zero attached hydrogens (tertiary/aromatic N) is 3. The molecule has 6 heteroatoms. The molecule has 1 saturated carbocycles. The lowest BCUT2D eigenvalue weighted by Crippen LogP contribution is -2.41. The van der Waals surface area contributed by atoms with Gasteiger partial charge >= 0.3 is 5.97 Å². The van der Waals surface area contributed by atoms with Crippen LogP contribution in [-0.2, 0) is 11.8 Å². The molecule has 0 bridgehead atoms. The van der Waals surface area contributed by atoms with Crippen molar-refractivity contribution >= 4 is 11.9 Å². The van der Waals surface area contributed by atoms with E-state index in [1.165, 1.54) is 6.42 Å². The van der Waals surface area contributed by atoms with Gasteiger partial charge in [-0.25, -0.2) is 0 Å². The van der Waals surface area contributed by atoms with E-state index < -0.39 is 5.97 Å². The summed E-state index contributed by atoms with van der Waals surface area (Å²) >= 11 is 0. The fourth-order valence-corrected chi connectivity index (χ4v) is 4.83. The van der Waals surface area contributed by atoms with E-state index in [0.717, 1.165) is 42.5 Å². The maximum absolute atomic E-state index is 13.2. The molecular weight excluding hydrogens is 366 g/mol. The molecule has 1 aromatic heterocycles. The number of carbonyl (C=O) groups is 2. The number of carbonyl (C=O) groups excluding carboxylic acids is 1. The highest BCUT2D eigenvalue weighted by atomic mass is 16.4. The fraction of sp³-hybridized carbons (Fsp3) is 0.522. The maximum atomic E-state index is 13.2. The molecule has 1 saturated heterocycles. The van der Waals surface area contributed by atoms with Crippen LogP contribution in [-0.4, -0.2) is 44.8 Å². The zero-order chi connectivity index (χ0) is 20.4. The van der Waals surface area contributed by atoms with Crippen LogP contribution in [0.25, 0.3) is 0 Å². The first kappa shape index (κ1) is 19.7. The van der Waals surface area contributed by atoms with Crippen molar-refractivity contribution in [3.05, 3.63) is 53.3 Å². The minimum Gasteiger partial charge on any atom is -0.481 e. The fourth-order valence-electron chi connectivity index (χ4n) is 4.83. The number of aromatic nitrogens is 2. The van der Waals surface area contributed by atoms with Gasteiger partial charge in [0.15, 0.2) is 0 Å². The van der Waals surface area contributed by atoms with Gasteiger partial charge in [0.2, 0.25) is 0 Å². The number of aliphatic carboxylic acids is 1. The summed E-state index contributed by atoms with van der Waals surface area (Å²) in [7, 11) is 1.85. The maximum Gasteiger partial charge on any atom is 0.303 e. The summed E-state index contributed by atoms with van der Waals surface area (Å²) in [6, 6.07) is 9.92. The Morgan fingerprint density at radius 1 is 1.14 bits per heavy atom. The van der Waals surface area contributed by atoms with E-state index in [-0.39, 0.29) is 24.2 Å². The van der Waals surface area contributed by atoms with Crippen LogP contribution in [0.4, 0.5) is 0 Å². The molecular formula is C23H29N3O3. The Kier molecular flexibility index (Phi) is 5.69. The molecule has 1 amide bonds. The van der Waals surface area contributed by atoms with Crippen molar-refractivity contribution in [1.29, 1.82) is 0 Å². The topological polar surface area (TPSA) is 75.4 Å². The average Bonchev–Trinajstić information content (AvgIpc) is 3.06. The minimum atomic E-state index is -0.766. The van der Waals surface area contributed by atoms with E-state index >= 15 is 0 Å². The van der Waals surface area contributed by atoms with Gasteiger partial charge in [0.05, 0.1) is 12.6 Å². The second-order valence-electron chi connectivity index (χ2n) is 8.44. The number of amides is 1. The minimum absolute atomic E-state index is 0.00630. The van der Waals surface area contributed by atoms with Crippen molar-refractivity contribution in [3.8, 4) is 0 Å². The van der Waals surface area contributed by atoms with Gasteiger partial charge in [-0.1, -0.05) is 36.8 Å². The number of piperidine rings is 1. The third-order valence-corrected chi connectivity index (χ3v) is 6.73. The van der Waals surface area contributed by atoms with Crippen LogP contribution in [0.1, 0.15) is 72.0 Å². The van der Waals surface area contributed by atoms with Gasteiger partial charge in [-0.15, -0.1) is 0 Å². The first-order valence-corrected chi connectivity index (χ1v) is 10.6. The molecule has 1 aromatic carbocycles. The largest absolute Gasteiger partial charge is 0.481 e. The highest BCUT2D eigenvalue weighted by Crippen LogP contribution is 2.39. The van der Waals surface area contributed by atoms with Crippen LogP contribution in [0.2, 0.25) is 0 Å². The van der Waals surface area contributed by atoms with Gasteiger partial charge in [-0.05, 0) is 49.0 Å². The highest BCUT2D eigenvalue weighted by molar-refractivity contribution is 5.94. The number of hydrogen-bond donors (Lipinski definition) is 1. The third kappa shape index (κ3) is 4.07. The van der Waals surface area contributed by atoms with Crippen molar-refractivity contribution in [2.75, 3.05) is 13.1 Å². The van der Waals surface area contributed by atoms with Crippen LogP contribution < -0.4 is 0 Å². The Morgan fingerprint density at radius 2 is 1.83 bits per heavy atom. The van der Waals surface area contributed by atoms with Crippen LogP contribution in [0, 0.1) is 5.92 Å². The van der Waals surface area contributed by atoms with E-state index in [1.807, 2.05) is 48.5 Å². The summed E-state index contributed by atoms with van der Waals surface area (Å²) < 4.78 is 1.72. The van der Waals surface area contributed by atoms with Gasteiger partial charge in [0.1, 0.15) is 5.69 Å². The Labute approximate surface area is 171 Å². The van der Waals surface area contributed by atoms with Crippen molar-refractivity contribution in [2.24, 2.45) is 13.0 Å². The summed E-state index contributed by atoms with van der Waals surface area (Å²) in [4.78, 5) is 26.6. The van der Waals surface area contributed by atoms with Gasteiger partial charge in [-0.2, -0.15) is 5.10 Å². The standard InChI is InChI=1S/C23H29N3O3/c1-25-22(20(15-24-25)17-8-5-9-17)23(29)26-12-10-18(11-13-26)19(14-21(27)28)16-6-3-2-4-7-16/h2-4,6-7,15,17-19H,5,8-14H2,1H3,(H,27,28). The van der Waals surface area contributed by atoms with E-state index in [0.29, 0.717) is 19.0 Å². The van der Waals surface area contributed by atoms with E-state index in [2.05, 4.69) is 5.10 Å². The Bertz CT molecular complexity index is 865. The number of carboxylic acid groups (broad SMARTS) is 1. The number of aryl methyl sites for hydroxylation is 1. The molecule has 1 N–H and O–H groups in total. The summed E-state index contributed by atoms with van der Waals surface area (Å²) in [5, 5.41) is 13.8. The lowest BCUT2D eigenvalue weighted by molar-refractivity contribution is -0.137. The lowest BCUT2D eigenvalue weighted by Gasteiger charge is -2.36. The van der Waals surface area contributed by atoms with Gasteiger partial charge in [0, 0.05) is 25.7 Å². The lowest BCUT2D eigenvalue weighted by atomic mass is 9.78. The number of likely N-dealkylation sites (tertiary alicyclic amines) is 1. The normalized spacial score (nSPS) is 19.0. The van der Waals surface area contributed by atoms with Crippen molar-refractivity contribution < 1.29 is 14.7 Å². The van der Waals surface area contributed by atoms with Crippen LogP contribution in [0.5, 0.6) is 0 Å². The van der Waals surface area contributed by atoms with Gasteiger partial charge < -0.3 is 10.0 Å². The molecule has 1 aliphatic heterocycles. The Morgan fingerprint density at radius 3 is 2.41 bits per heavy atom. The third-order valence-electron chi connectivity index (χ3n) is 6.73. The van der Waals surface area contributed by atoms with Crippen molar-refractivity contribution in [1.82, 2.24) is 14.7 Å². The predicted octanol–water partition coefficient (Wildman–Crippen LogP) is 3.80. The van der Waals surface area contributed by atoms with Crippen molar-refractivity contribution in [3.63, 3.8) is 0 Å². The second-order valence-corrected chi connectivity index (χ2v) is 8.44. The summed E-state index contributed by atoms with van der Waals surface area (Å²) in [6.07, 6.45) is 7.16. The SMILES string of the molecule is Cn1ncc(C2CCC2)c1C(=O)N1CCC(C(CC(=O)O)c2ccccc2)CC1. The van der Waals surface area contributed by atoms with Crippen LogP contribution >= 0.6 is 0 Å². The van der Waals surface area contributed by atoms with Crippen molar-refractivity contribution in [2.45, 2.75) is 50.4 Å². The molecule has 2 heterocycles. The molecule has 1 atom stereocenters. The molecule has 1 aliphatic carbocycles. The van der Waals surface area contributed by atoms with E-state index in [9.17, 15) is 14.7 Å². The van der Waals surface area contributed by atoms with Crippen LogP contribution in [0.3, 0.4) is 0 Å². The summed E-state index contributed by atoms with van der Waals surface area (Å²) in [5.74, 6) is 0.0406. The number of benzene rings is 1. The number of carboxylic acids is 1. The van der Waals surface area contributed by atoms with Crippen LogP contribution in [0.15, 0.2) is 36.5 Å². The average molecular weight is 396 g/mol. The molecule has 2 aliphatic rings. The first-order valence-electron chi connectivity index (χ1n) is 10.6. The molecule has 2 aromatic rings. The molecule has 154 valence electrons.